The van der Waals surface area contributed by atoms with Crippen molar-refractivity contribution in [2.24, 2.45) is 0 Å². The third kappa shape index (κ3) is 2.01. The first kappa shape index (κ1) is 12.0. The van der Waals surface area contributed by atoms with Crippen LogP contribution in [0.15, 0.2) is 12.2 Å². The van der Waals surface area contributed by atoms with E-state index in [0.717, 1.165) is 0 Å². The quantitative estimate of drug-likeness (QED) is 0.549. The van der Waals surface area contributed by atoms with E-state index in [1.165, 1.54) is 0 Å². The number of carbonyl (C=O) groups is 1. The van der Waals surface area contributed by atoms with Crippen molar-refractivity contribution in [2.45, 2.75) is 57.2 Å². The molecule has 16 heavy (non-hydrogen) atoms. The van der Waals surface area contributed by atoms with Gasteiger partial charge < -0.3 is 9.16 Å². The highest BCUT2D eigenvalue weighted by Gasteiger charge is 2.53. The van der Waals surface area contributed by atoms with Crippen molar-refractivity contribution in [3.63, 3.8) is 0 Å². The summed E-state index contributed by atoms with van der Waals surface area (Å²) in [5.74, 6) is 0.0834. The Balaban J connectivity index is 2.06. The normalized spacial score (nSPS) is 33.8. The van der Waals surface area contributed by atoms with Gasteiger partial charge in [0.05, 0.1) is 6.10 Å². The summed E-state index contributed by atoms with van der Waals surface area (Å²) in [6.07, 6.45) is 3.19. The highest BCUT2D eigenvalue weighted by Crippen LogP contribution is 2.41. The van der Waals surface area contributed by atoms with Crippen molar-refractivity contribution in [3.8, 4) is 0 Å². The summed E-state index contributed by atoms with van der Waals surface area (Å²) >= 11 is 0. The summed E-state index contributed by atoms with van der Waals surface area (Å²) in [5, 5.41) is 0.187. The maximum absolute atomic E-state index is 11.3. The number of epoxide rings is 1. The van der Waals surface area contributed by atoms with Gasteiger partial charge in [0.25, 0.3) is 0 Å². The maximum Gasteiger partial charge on any atom is 0.193 e. The smallest absolute Gasteiger partial charge is 0.193 e. The summed E-state index contributed by atoms with van der Waals surface area (Å²) < 4.78 is 11.6. The lowest BCUT2D eigenvalue weighted by Crippen LogP contribution is -2.45. The second-order valence-corrected chi connectivity index (χ2v) is 10.9. The topological polar surface area (TPSA) is 38.8 Å². The number of carbonyl (C=O) groups excluding carboxylic acids is 1. The Morgan fingerprint density at radius 2 is 2.00 bits per heavy atom. The van der Waals surface area contributed by atoms with Crippen molar-refractivity contribution in [1.29, 1.82) is 0 Å². The summed E-state index contributed by atoms with van der Waals surface area (Å²) in [6.45, 7) is 11.1. The van der Waals surface area contributed by atoms with Gasteiger partial charge in [0.1, 0.15) is 12.2 Å². The van der Waals surface area contributed by atoms with Crippen LogP contribution < -0.4 is 0 Å². The van der Waals surface area contributed by atoms with Gasteiger partial charge in [-0.25, -0.2) is 0 Å². The Bertz CT molecular complexity index is 341. The van der Waals surface area contributed by atoms with Crippen LogP contribution in [0.2, 0.25) is 18.1 Å². The van der Waals surface area contributed by atoms with Crippen LogP contribution in [0.1, 0.15) is 20.8 Å². The molecule has 0 amide bonds. The molecule has 2 aliphatic rings. The van der Waals surface area contributed by atoms with E-state index in [2.05, 4.69) is 33.9 Å². The van der Waals surface area contributed by atoms with Gasteiger partial charge in [-0.15, -0.1) is 0 Å². The fourth-order valence-corrected chi connectivity index (χ4v) is 2.87. The molecule has 90 valence electrons. The molecule has 0 aromatic heterocycles. The number of hydrogen-bond donors (Lipinski definition) is 0. The molecule has 0 aromatic carbocycles. The van der Waals surface area contributed by atoms with E-state index < -0.39 is 8.32 Å². The van der Waals surface area contributed by atoms with Crippen molar-refractivity contribution in [1.82, 2.24) is 0 Å². The summed E-state index contributed by atoms with van der Waals surface area (Å²) in [6, 6.07) is 0. The minimum atomic E-state index is -1.77. The van der Waals surface area contributed by atoms with Crippen molar-refractivity contribution in [3.05, 3.63) is 12.2 Å². The number of ether oxygens (including phenoxy) is 1. The summed E-state index contributed by atoms with van der Waals surface area (Å²) in [5.41, 5.74) is 0. The molecule has 0 N–H and O–H groups in total. The van der Waals surface area contributed by atoms with Crippen LogP contribution in [-0.2, 0) is 14.0 Å². The molecule has 0 radical (unpaired) electrons. The monoisotopic (exact) mass is 240 g/mol. The van der Waals surface area contributed by atoms with Crippen LogP contribution >= 0.6 is 0 Å². The number of hydrogen-bond acceptors (Lipinski definition) is 3. The second-order valence-electron chi connectivity index (χ2n) is 6.13. The highest BCUT2D eigenvalue weighted by atomic mass is 28.4. The first-order chi connectivity index (χ1) is 7.22. The van der Waals surface area contributed by atoms with Gasteiger partial charge in [-0.2, -0.15) is 0 Å². The molecule has 2 rings (SSSR count). The lowest BCUT2D eigenvalue weighted by atomic mass is 10.0. The largest absolute Gasteiger partial charge is 0.408 e. The standard InChI is InChI=1S/C12H20O3Si/c1-12(2,3)16(4,5)15-9-7-6-8(13)10-11(9)14-10/h6-7,9-11H,1-5H3. The zero-order chi connectivity index (χ0) is 12.1. The molecule has 0 bridgehead atoms. The van der Waals surface area contributed by atoms with Crippen LogP contribution in [0, 0.1) is 0 Å². The average molecular weight is 240 g/mol. The first-order valence-corrected chi connectivity index (χ1v) is 8.68. The lowest BCUT2D eigenvalue weighted by molar-refractivity contribution is -0.115. The number of ketones is 1. The molecule has 1 heterocycles. The molecule has 3 atom stereocenters. The molecular formula is C12H20O3Si. The van der Waals surface area contributed by atoms with Crippen LogP contribution in [0.25, 0.3) is 0 Å². The third-order valence-corrected chi connectivity index (χ3v) is 8.29. The Morgan fingerprint density at radius 3 is 2.56 bits per heavy atom. The molecule has 1 saturated heterocycles. The van der Waals surface area contributed by atoms with Crippen LogP contribution in [0.4, 0.5) is 0 Å². The predicted octanol–water partition coefficient (Wildman–Crippen LogP) is 2.28. The maximum atomic E-state index is 11.3. The average Bonchev–Trinajstić information content (AvgIpc) is 2.87. The summed E-state index contributed by atoms with van der Waals surface area (Å²) in [4.78, 5) is 11.3. The van der Waals surface area contributed by atoms with Crippen LogP contribution in [0.3, 0.4) is 0 Å². The third-order valence-electron chi connectivity index (χ3n) is 3.82. The first-order valence-electron chi connectivity index (χ1n) is 5.78. The fourth-order valence-electron chi connectivity index (χ4n) is 1.62. The van der Waals surface area contributed by atoms with Gasteiger partial charge in [0.15, 0.2) is 14.1 Å². The Hall–Kier alpha value is -0.453. The zero-order valence-electron chi connectivity index (χ0n) is 10.6. The van der Waals surface area contributed by atoms with Gasteiger partial charge in [-0.3, -0.25) is 4.79 Å². The van der Waals surface area contributed by atoms with E-state index in [-0.39, 0.29) is 29.1 Å². The molecule has 3 unspecified atom stereocenters. The fraction of sp³-hybridized carbons (Fsp3) is 0.750. The zero-order valence-corrected chi connectivity index (χ0v) is 11.6. The SMILES string of the molecule is CC(C)(C)[Si](C)(C)OC1C=CC(=O)C2OC12. The van der Waals surface area contributed by atoms with Crippen molar-refractivity contribution in [2.75, 3.05) is 0 Å². The van der Waals surface area contributed by atoms with E-state index in [0.29, 0.717) is 0 Å². The Labute approximate surface area is 97.9 Å². The lowest BCUT2D eigenvalue weighted by Gasteiger charge is -2.38. The van der Waals surface area contributed by atoms with Gasteiger partial charge in [-0.05, 0) is 24.2 Å². The van der Waals surface area contributed by atoms with E-state index in [4.69, 9.17) is 9.16 Å². The molecule has 0 saturated carbocycles. The number of rotatable bonds is 2. The molecule has 1 fully saturated rings. The molecule has 0 spiro atoms. The molecular weight excluding hydrogens is 220 g/mol. The van der Waals surface area contributed by atoms with E-state index >= 15 is 0 Å². The van der Waals surface area contributed by atoms with Crippen molar-refractivity contribution >= 4 is 14.1 Å². The van der Waals surface area contributed by atoms with E-state index in [9.17, 15) is 4.79 Å². The molecule has 0 aromatic rings. The van der Waals surface area contributed by atoms with Gasteiger partial charge in [0, 0.05) is 0 Å². The van der Waals surface area contributed by atoms with Gasteiger partial charge in [0.2, 0.25) is 0 Å². The van der Waals surface area contributed by atoms with Crippen LogP contribution in [0.5, 0.6) is 0 Å². The van der Waals surface area contributed by atoms with Gasteiger partial charge >= 0.3 is 0 Å². The minimum Gasteiger partial charge on any atom is -0.408 e. The Morgan fingerprint density at radius 1 is 1.38 bits per heavy atom. The minimum absolute atomic E-state index is 0.0216. The van der Waals surface area contributed by atoms with E-state index in [1.807, 2.05) is 6.08 Å². The summed E-state index contributed by atoms with van der Waals surface area (Å²) in [7, 11) is -1.77. The van der Waals surface area contributed by atoms with Crippen molar-refractivity contribution < 1.29 is 14.0 Å². The molecule has 3 nitrogen and oxygen atoms in total. The van der Waals surface area contributed by atoms with Gasteiger partial charge in [-0.1, -0.05) is 26.8 Å². The number of fused-ring (bicyclic) bond motifs is 1. The van der Waals surface area contributed by atoms with E-state index in [1.54, 1.807) is 6.08 Å². The second kappa shape index (κ2) is 3.52. The molecule has 1 aliphatic heterocycles. The predicted molar refractivity (Wildman–Crippen MR) is 64.9 cm³/mol. The Kier molecular flexibility index (Phi) is 2.64. The van der Waals surface area contributed by atoms with Crippen LogP contribution in [-0.4, -0.2) is 32.4 Å². The molecule has 4 heteroatoms. The highest BCUT2D eigenvalue weighted by molar-refractivity contribution is 6.74. The molecule has 1 aliphatic carbocycles.